The van der Waals surface area contributed by atoms with Gasteiger partial charge >= 0.3 is 5.97 Å². The van der Waals surface area contributed by atoms with E-state index in [2.05, 4.69) is 4.98 Å². The number of carbonyl (C=O) groups excluding carboxylic acids is 2. The minimum atomic E-state index is -0.588. The fourth-order valence-corrected chi connectivity index (χ4v) is 2.06. The number of pyridine rings is 1. The molecule has 0 bridgehead atoms. The number of nitriles is 1. The molecule has 0 N–H and O–H groups in total. The van der Waals surface area contributed by atoms with Crippen LogP contribution in [0.25, 0.3) is 0 Å². The third kappa shape index (κ3) is 4.65. The van der Waals surface area contributed by atoms with Crippen LogP contribution in [0.3, 0.4) is 0 Å². The molecule has 0 atom stereocenters. The van der Waals surface area contributed by atoms with Gasteiger partial charge in [0.15, 0.2) is 6.61 Å². The first-order valence-corrected chi connectivity index (χ1v) is 7.43. The van der Waals surface area contributed by atoms with E-state index in [1.165, 1.54) is 29.4 Å². The third-order valence-electron chi connectivity index (χ3n) is 3.34. The third-order valence-corrected chi connectivity index (χ3v) is 3.34. The first kappa shape index (κ1) is 17.2. The van der Waals surface area contributed by atoms with Crippen LogP contribution in [0.5, 0.6) is 0 Å². The SMILES string of the molecule is Cc1ccc(N(CCC#N)C(=O)COC(=O)c2ccncc2)cc1. The lowest BCUT2D eigenvalue weighted by Crippen LogP contribution is -2.35. The molecule has 0 aliphatic heterocycles. The molecule has 0 spiro atoms. The Morgan fingerprint density at radius 1 is 1.17 bits per heavy atom. The Morgan fingerprint density at radius 3 is 2.46 bits per heavy atom. The number of hydrogen-bond acceptors (Lipinski definition) is 5. The van der Waals surface area contributed by atoms with E-state index in [-0.39, 0.29) is 25.5 Å². The molecule has 0 saturated heterocycles. The van der Waals surface area contributed by atoms with Gasteiger partial charge < -0.3 is 9.64 Å². The number of rotatable bonds is 6. The normalized spacial score (nSPS) is 9.83. The second-order valence-corrected chi connectivity index (χ2v) is 5.10. The quantitative estimate of drug-likeness (QED) is 0.763. The van der Waals surface area contributed by atoms with Crippen LogP contribution in [0.2, 0.25) is 0 Å². The van der Waals surface area contributed by atoms with E-state index >= 15 is 0 Å². The highest BCUT2D eigenvalue weighted by Gasteiger charge is 2.18. The first-order valence-electron chi connectivity index (χ1n) is 7.43. The zero-order valence-corrected chi connectivity index (χ0v) is 13.3. The molecule has 1 heterocycles. The van der Waals surface area contributed by atoms with Gasteiger partial charge in [0, 0.05) is 24.6 Å². The zero-order valence-electron chi connectivity index (χ0n) is 13.3. The standard InChI is InChI=1S/C18H17N3O3/c1-14-3-5-16(6-4-14)21(12-2-9-19)17(22)13-24-18(23)15-7-10-20-11-8-15/h3-8,10-11H,2,12-13H2,1H3. The maximum atomic E-state index is 12.4. The summed E-state index contributed by atoms with van der Waals surface area (Å²) >= 11 is 0. The van der Waals surface area contributed by atoms with Gasteiger partial charge in [0.05, 0.1) is 18.1 Å². The molecule has 1 aromatic carbocycles. The maximum Gasteiger partial charge on any atom is 0.338 e. The summed E-state index contributed by atoms with van der Waals surface area (Å²) in [6.07, 6.45) is 3.14. The Labute approximate surface area is 140 Å². The van der Waals surface area contributed by atoms with Crippen LogP contribution in [-0.2, 0) is 9.53 Å². The number of aryl methyl sites for hydroxylation is 1. The molecule has 0 aliphatic carbocycles. The van der Waals surface area contributed by atoms with Gasteiger partial charge in [-0.3, -0.25) is 9.78 Å². The summed E-state index contributed by atoms with van der Waals surface area (Å²) in [5, 5.41) is 8.78. The fourth-order valence-electron chi connectivity index (χ4n) is 2.06. The molecular formula is C18H17N3O3. The Morgan fingerprint density at radius 2 is 1.83 bits per heavy atom. The van der Waals surface area contributed by atoms with E-state index in [0.29, 0.717) is 11.3 Å². The molecule has 24 heavy (non-hydrogen) atoms. The van der Waals surface area contributed by atoms with Gasteiger partial charge in [0.25, 0.3) is 5.91 Å². The van der Waals surface area contributed by atoms with E-state index in [1.807, 2.05) is 25.1 Å². The molecule has 1 amide bonds. The molecule has 0 radical (unpaired) electrons. The predicted molar refractivity (Wildman–Crippen MR) is 88.3 cm³/mol. The van der Waals surface area contributed by atoms with Gasteiger partial charge in [-0.05, 0) is 31.2 Å². The van der Waals surface area contributed by atoms with Crippen LogP contribution in [0.15, 0.2) is 48.8 Å². The molecule has 6 nitrogen and oxygen atoms in total. The van der Waals surface area contributed by atoms with Gasteiger partial charge in [-0.15, -0.1) is 0 Å². The lowest BCUT2D eigenvalue weighted by Gasteiger charge is -2.21. The minimum Gasteiger partial charge on any atom is -0.452 e. The van der Waals surface area contributed by atoms with E-state index in [0.717, 1.165) is 5.56 Å². The van der Waals surface area contributed by atoms with E-state index in [9.17, 15) is 9.59 Å². The van der Waals surface area contributed by atoms with Crippen LogP contribution in [-0.4, -0.2) is 30.0 Å². The monoisotopic (exact) mass is 323 g/mol. The number of anilines is 1. The van der Waals surface area contributed by atoms with Crippen LogP contribution >= 0.6 is 0 Å². The van der Waals surface area contributed by atoms with E-state index < -0.39 is 5.97 Å². The molecular weight excluding hydrogens is 306 g/mol. The van der Waals surface area contributed by atoms with Crippen molar-refractivity contribution >= 4 is 17.6 Å². The Hall–Kier alpha value is -3.20. The molecule has 0 saturated carbocycles. The molecule has 1 aromatic heterocycles. The summed E-state index contributed by atoms with van der Waals surface area (Å²) in [6, 6.07) is 12.4. The Bertz CT molecular complexity index is 736. The molecule has 6 heteroatoms. The van der Waals surface area contributed by atoms with Gasteiger partial charge in [0.2, 0.25) is 0 Å². The van der Waals surface area contributed by atoms with Crippen LogP contribution < -0.4 is 4.90 Å². The Balaban J connectivity index is 2.03. The molecule has 0 fully saturated rings. The smallest absolute Gasteiger partial charge is 0.338 e. The van der Waals surface area contributed by atoms with Gasteiger partial charge in [-0.2, -0.15) is 5.26 Å². The van der Waals surface area contributed by atoms with E-state index in [4.69, 9.17) is 10.00 Å². The number of hydrogen-bond donors (Lipinski definition) is 0. The number of carbonyl (C=O) groups is 2. The predicted octanol–water partition coefficient (Wildman–Crippen LogP) is 2.49. The van der Waals surface area contributed by atoms with Gasteiger partial charge in [-0.25, -0.2) is 4.79 Å². The maximum absolute atomic E-state index is 12.4. The second kappa shape index (κ2) is 8.44. The highest BCUT2D eigenvalue weighted by atomic mass is 16.5. The molecule has 2 aromatic rings. The summed E-state index contributed by atoms with van der Waals surface area (Å²) in [6.45, 7) is 1.80. The zero-order chi connectivity index (χ0) is 17.4. The van der Waals surface area contributed by atoms with Crippen molar-refractivity contribution in [2.24, 2.45) is 0 Å². The minimum absolute atomic E-state index is 0.192. The van der Waals surface area contributed by atoms with Crippen molar-refractivity contribution in [3.63, 3.8) is 0 Å². The Kier molecular flexibility index (Phi) is 6.03. The van der Waals surface area contributed by atoms with Crippen molar-refractivity contribution in [1.29, 1.82) is 5.26 Å². The summed E-state index contributed by atoms with van der Waals surface area (Å²) in [7, 11) is 0. The number of nitrogens with zero attached hydrogens (tertiary/aromatic N) is 3. The van der Waals surface area contributed by atoms with Crippen molar-refractivity contribution in [3.05, 3.63) is 59.9 Å². The molecule has 0 unspecified atom stereocenters. The largest absolute Gasteiger partial charge is 0.452 e. The van der Waals surface area contributed by atoms with Gasteiger partial charge in [0.1, 0.15) is 0 Å². The first-order chi connectivity index (χ1) is 11.6. The molecule has 122 valence electrons. The number of amides is 1. The number of aromatic nitrogens is 1. The molecule has 2 rings (SSSR count). The lowest BCUT2D eigenvalue weighted by molar-refractivity contribution is -0.121. The fraction of sp³-hybridized carbons (Fsp3) is 0.222. The summed E-state index contributed by atoms with van der Waals surface area (Å²) < 4.78 is 5.06. The van der Waals surface area contributed by atoms with Crippen molar-refractivity contribution in [2.75, 3.05) is 18.1 Å². The summed E-state index contributed by atoms with van der Waals surface area (Å²) in [4.78, 5) is 29.6. The van der Waals surface area contributed by atoms with Crippen LogP contribution in [0.1, 0.15) is 22.3 Å². The number of esters is 1. The summed E-state index contributed by atoms with van der Waals surface area (Å²) in [5.41, 5.74) is 2.06. The van der Waals surface area contributed by atoms with Crippen LogP contribution in [0.4, 0.5) is 5.69 Å². The average molecular weight is 323 g/mol. The number of benzene rings is 1. The molecule has 0 aliphatic rings. The van der Waals surface area contributed by atoms with Crippen LogP contribution in [0, 0.1) is 18.3 Å². The summed E-state index contributed by atoms with van der Waals surface area (Å²) in [5.74, 6) is -0.966. The van der Waals surface area contributed by atoms with Crippen molar-refractivity contribution in [3.8, 4) is 6.07 Å². The highest BCUT2D eigenvalue weighted by molar-refractivity contribution is 5.97. The average Bonchev–Trinajstić information content (AvgIpc) is 2.62. The van der Waals surface area contributed by atoms with Gasteiger partial charge in [-0.1, -0.05) is 17.7 Å². The van der Waals surface area contributed by atoms with E-state index in [1.54, 1.807) is 12.1 Å². The lowest BCUT2D eigenvalue weighted by atomic mass is 10.2. The topological polar surface area (TPSA) is 83.3 Å². The highest BCUT2D eigenvalue weighted by Crippen LogP contribution is 2.16. The van der Waals surface area contributed by atoms with Crippen molar-refractivity contribution in [1.82, 2.24) is 4.98 Å². The number of ether oxygens (including phenoxy) is 1. The van der Waals surface area contributed by atoms with Crippen molar-refractivity contribution < 1.29 is 14.3 Å². The second-order valence-electron chi connectivity index (χ2n) is 5.10. The van der Waals surface area contributed by atoms with Crippen molar-refractivity contribution in [2.45, 2.75) is 13.3 Å².